The van der Waals surface area contributed by atoms with Gasteiger partial charge in [0, 0.05) is 27.9 Å². The minimum Gasteiger partial charge on any atom is -0.496 e. The summed E-state index contributed by atoms with van der Waals surface area (Å²) in [6.07, 6.45) is 10.6. The second-order valence-electron chi connectivity index (χ2n) is 8.57. The average Bonchev–Trinajstić information content (AvgIpc) is 3.40. The second kappa shape index (κ2) is 8.02. The van der Waals surface area contributed by atoms with E-state index in [0.29, 0.717) is 6.04 Å². The van der Waals surface area contributed by atoms with Crippen LogP contribution in [0.2, 0.25) is 0 Å². The fourth-order valence-electron chi connectivity index (χ4n) is 5.40. The Kier molecular flexibility index (Phi) is 5.25. The van der Waals surface area contributed by atoms with Gasteiger partial charge in [0.15, 0.2) is 0 Å². The van der Waals surface area contributed by atoms with Gasteiger partial charge in [-0.2, -0.15) is 0 Å². The Balaban J connectivity index is 1.56. The SMILES string of the molecule is COc1ccccc1C1c2sc3c(c2CCN1C(=O)NC1CCCC1)CCCC3. The number of hydrogen-bond donors (Lipinski definition) is 1. The van der Waals surface area contributed by atoms with Crippen LogP contribution in [0.15, 0.2) is 24.3 Å². The molecule has 2 heterocycles. The maximum absolute atomic E-state index is 13.4. The third-order valence-electron chi connectivity index (χ3n) is 6.85. The maximum Gasteiger partial charge on any atom is 0.318 e. The van der Waals surface area contributed by atoms with Crippen molar-refractivity contribution in [3.63, 3.8) is 0 Å². The molecule has 1 aromatic carbocycles. The van der Waals surface area contributed by atoms with Gasteiger partial charge in [-0.25, -0.2) is 4.79 Å². The number of para-hydroxylation sites is 1. The van der Waals surface area contributed by atoms with E-state index in [1.54, 1.807) is 17.6 Å². The summed E-state index contributed by atoms with van der Waals surface area (Å²) in [5.41, 5.74) is 4.22. The van der Waals surface area contributed by atoms with Crippen molar-refractivity contribution in [3.8, 4) is 5.75 Å². The lowest BCUT2D eigenvalue weighted by Gasteiger charge is -2.37. The molecular formula is C24H30N2O2S. The first-order chi connectivity index (χ1) is 14.3. The molecule has 0 spiro atoms. The van der Waals surface area contributed by atoms with Gasteiger partial charge in [0.1, 0.15) is 5.75 Å². The highest BCUT2D eigenvalue weighted by molar-refractivity contribution is 7.12. The summed E-state index contributed by atoms with van der Waals surface area (Å²) >= 11 is 1.95. The van der Waals surface area contributed by atoms with Crippen LogP contribution in [0.3, 0.4) is 0 Å². The van der Waals surface area contributed by atoms with Crippen molar-refractivity contribution < 1.29 is 9.53 Å². The zero-order valence-electron chi connectivity index (χ0n) is 17.2. The summed E-state index contributed by atoms with van der Waals surface area (Å²) in [7, 11) is 1.73. The first kappa shape index (κ1) is 19.0. The molecule has 1 aromatic heterocycles. The van der Waals surface area contributed by atoms with E-state index in [9.17, 15) is 4.79 Å². The molecule has 1 N–H and O–H groups in total. The molecule has 154 valence electrons. The first-order valence-corrected chi connectivity index (χ1v) is 11.9. The Labute approximate surface area is 177 Å². The number of hydrogen-bond acceptors (Lipinski definition) is 3. The van der Waals surface area contributed by atoms with E-state index >= 15 is 0 Å². The molecule has 2 amide bonds. The summed E-state index contributed by atoms with van der Waals surface area (Å²) < 4.78 is 5.72. The molecule has 1 fully saturated rings. The van der Waals surface area contributed by atoms with Crippen molar-refractivity contribution in [2.24, 2.45) is 0 Å². The smallest absolute Gasteiger partial charge is 0.318 e. The van der Waals surface area contributed by atoms with Gasteiger partial charge in [-0.15, -0.1) is 11.3 Å². The van der Waals surface area contributed by atoms with Crippen molar-refractivity contribution in [2.75, 3.05) is 13.7 Å². The zero-order valence-corrected chi connectivity index (χ0v) is 18.0. The van der Waals surface area contributed by atoms with Gasteiger partial charge in [-0.3, -0.25) is 0 Å². The van der Waals surface area contributed by atoms with Gasteiger partial charge in [0.25, 0.3) is 0 Å². The van der Waals surface area contributed by atoms with Crippen LogP contribution in [0.25, 0.3) is 0 Å². The molecular weight excluding hydrogens is 380 g/mol. The van der Waals surface area contributed by atoms with Crippen LogP contribution in [0.1, 0.15) is 71.0 Å². The molecule has 3 aliphatic rings. The lowest BCUT2D eigenvalue weighted by molar-refractivity contribution is 0.176. The summed E-state index contributed by atoms with van der Waals surface area (Å²) in [5, 5.41) is 3.33. The molecule has 4 nitrogen and oxygen atoms in total. The molecule has 1 saturated carbocycles. The molecule has 0 bridgehead atoms. The number of methoxy groups -OCH3 is 1. The van der Waals surface area contributed by atoms with Crippen LogP contribution >= 0.6 is 11.3 Å². The molecule has 5 heteroatoms. The van der Waals surface area contributed by atoms with Gasteiger partial charge < -0.3 is 15.0 Å². The van der Waals surface area contributed by atoms with Gasteiger partial charge >= 0.3 is 6.03 Å². The predicted octanol–water partition coefficient (Wildman–Crippen LogP) is 5.24. The lowest BCUT2D eigenvalue weighted by atomic mass is 9.88. The van der Waals surface area contributed by atoms with Gasteiger partial charge in [-0.1, -0.05) is 31.0 Å². The summed E-state index contributed by atoms with van der Waals surface area (Å²) in [6.45, 7) is 0.775. The van der Waals surface area contributed by atoms with Crippen molar-refractivity contribution in [3.05, 3.63) is 50.7 Å². The summed E-state index contributed by atoms with van der Waals surface area (Å²) in [6, 6.07) is 8.59. The van der Waals surface area contributed by atoms with Crippen LogP contribution < -0.4 is 10.1 Å². The van der Waals surface area contributed by atoms with Crippen molar-refractivity contribution in [2.45, 2.75) is 69.9 Å². The van der Waals surface area contributed by atoms with E-state index in [1.165, 1.54) is 49.0 Å². The minimum absolute atomic E-state index is 0.0492. The Morgan fingerprint density at radius 2 is 1.86 bits per heavy atom. The fourth-order valence-corrected chi connectivity index (χ4v) is 6.97. The van der Waals surface area contributed by atoms with E-state index in [2.05, 4.69) is 22.3 Å². The molecule has 1 aliphatic heterocycles. The topological polar surface area (TPSA) is 41.6 Å². The Morgan fingerprint density at radius 1 is 1.07 bits per heavy atom. The molecule has 1 atom stereocenters. The highest BCUT2D eigenvalue weighted by atomic mass is 32.1. The Morgan fingerprint density at radius 3 is 2.69 bits per heavy atom. The molecule has 1 unspecified atom stereocenters. The van der Waals surface area contributed by atoms with Crippen LogP contribution in [0, 0.1) is 0 Å². The van der Waals surface area contributed by atoms with E-state index < -0.39 is 0 Å². The number of aryl methyl sites for hydroxylation is 1. The third kappa shape index (κ3) is 3.43. The van der Waals surface area contributed by atoms with E-state index in [0.717, 1.165) is 37.1 Å². The van der Waals surface area contributed by atoms with Gasteiger partial charge in [0.05, 0.1) is 13.2 Å². The first-order valence-electron chi connectivity index (χ1n) is 11.1. The number of rotatable bonds is 3. The zero-order chi connectivity index (χ0) is 19.8. The molecule has 2 aromatic rings. The van der Waals surface area contributed by atoms with Gasteiger partial charge in [-0.05, 0) is 62.1 Å². The van der Waals surface area contributed by atoms with E-state index in [-0.39, 0.29) is 12.1 Å². The minimum atomic E-state index is -0.0492. The predicted molar refractivity (Wildman–Crippen MR) is 117 cm³/mol. The third-order valence-corrected chi connectivity index (χ3v) is 8.24. The van der Waals surface area contributed by atoms with Gasteiger partial charge in [0.2, 0.25) is 0 Å². The highest BCUT2D eigenvalue weighted by Crippen LogP contribution is 2.46. The highest BCUT2D eigenvalue weighted by Gasteiger charge is 2.38. The van der Waals surface area contributed by atoms with Crippen LogP contribution in [-0.2, 0) is 19.3 Å². The molecule has 29 heavy (non-hydrogen) atoms. The number of nitrogens with zero attached hydrogens (tertiary/aromatic N) is 1. The quantitative estimate of drug-likeness (QED) is 0.752. The Bertz CT molecular complexity index is 900. The number of benzene rings is 1. The van der Waals surface area contributed by atoms with E-state index in [4.69, 9.17) is 4.74 Å². The van der Waals surface area contributed by atoms with Crippen molar-refractivity contribution >= 4 is 17.4 Å². The average molecular weight is 411 g/mol. The molecule has 5 rings (SSSR count). The summed E-state index contributed by atoms with van der Waals surface area (Å²) in [4.78, 5) is 18.4. The van der Waals surface area contributed by atoms with Crippen molar-refractivity contribution in [1.82, 2.24) is 10.2 Å². The standard InChI is InChI=1S/C24H30N2O2S/c1-28-20-12-6-4-11-19(20)22-23-18(17-10-5-7-13-21(17)29-23)14-15-26(22)24(27)25-16-8-2-3-9-16/h4,6,11-12,16,22H,2-3,5,7-10,13-15H2,1H3,(H,25,27). The number of thiophene rings is 1. The molecule has 2 aliphatic carbocycles. The summed E-state index contributed by atoms with van der Waals surface area (Å²) in [5.74, 6) is 0.871. The van der Waals surface area contributed by atoms with Crippen molar-refractivity contribution in [1.29, 1.82) is 0 Å². The lowest BCUT2D eigenvalue weighted by Crippen LogP contribution is -2.48. The number of carbonyl (C=O) groups is 1. The van der Waals surface area contributed by atoms with E-state index in [1.807, 2.05) is 23.5 Å². The monoisotopic (exact) mass is 410 g/mol. The number of nitrogens with one attached hydrogen (secondary N) is 1. The largest absolute Gasteiger partial charge is 0.496 e. The fraction of sp³-hybridized carbons (Fsp3) is 0.542. The second-order valence-corrected chi connectivity index (χ2v) is 9.71. The number of amides is 2. The van der Waals surface area contributed by atoms with Crippen LogP contribution in [0.5, 0.6) is 5.75 Å². The number of carbonyl (C=O) groups excluding carboxylic acids is 1. The molecule has 0 radical (unpaired) electrons. The number of ether oxygens (including phenoxy) is 1. The Hall–Kier alpha value is -2.01. The normalized spacial score (nSPS) is 21.6. The van der Waals surface area contributed by atoms with Crippen LogP contribution in [-0.4, -0.2) is 30.6 Å². The number of urea groups is 1. The van der Waals surface area contributed by atoms with Crippen LogP contribution in [0.4, 0.5) is 4.79 Å². The number of fused-ring (bicyclic) bond motifs is 3. The maximum atomic E-state index is 13.4. The molecule has 0 saturated heterocycles.